The molecular weight excluding hydrogens is 308 g/mol. The van der Waals surface area contributed by atoms with E-state index >= 15 is 0 Å². The van der Waals surface area contributed by atoms with Gasteiger partial charge < -0.3 is 19.8 Å². The van der Waals surface area contributed by atoms with Crippen LogP contribution in [-0.4, -0.2) is 38.1 Å². The van der Waals surface area contributed by atoms with Crippen molar-refractivity contribution in [2.45, 2.75) is 18.9 Å². The van der Waals surface area contributed by atoms with Gasteiger partial charge in [0.25, 0.3) is 5.91 Å². The molecule has 1 heterocycles. The van der Waals surface area contributed by atoms with Crippen LogP contribution in [0.15, 0.2) is 53.1 Å². The van der Waals surface area contributed by atoms with Crippen LogP contribution in [0.5, 0.6) is 0 Å². The van der Waals surface area contributed by atoms with Gasteiger partial charge in [-0.15, -0.1) is 0 Å². The van der Waals surface area contributed by atoms with E-state index in [1.165, 1.54) is 6.26 Å². The standard InChI is InChI=1S/C18H22N2O4/c1-23-11-6-10-19-17(21)15(13-14-7-3-2-4-8-14)20-18(22)16-9-5-12-24-16/h2-5,7-9,12,15H,6,10-11,13H2,1H3,(H,19,21)(H,20,22)/t15-/m1/s1. The maximum absolute atomic E-state index is 12.4. The van der Waals surface area contributed by atoms with Crippen LogP contribution < -0.4 is 10.6 Å². The first-order valence-corrected chi connectivity index (χ1v) is 7.85. The second-order valence-electron chi connectivity index (χ2n) is 5.33. The number of carbonyl (C=O) groups excluding carboxylic acids is 2. The van der Waals surface area contributed by atoms with Crippen LogP contribution in [0.4, 0.5) is 0 Å². The Morgan fingerprint density at radius 2 is 1.96 bits per heavy atom. The lowest BCUT2D eigenvalue weighted by Crippen LogP contribution is -2.48. The van der Waals surface area contributed by atoms with Crippen molar-refractivity contribution < 1.29 is 18.7 Å². The zero-order valence-corrected chi connectivity index (χ0v) is 13.7. The largest absolute Gasteiger partial charge is 0.459 e. The number of furan rings is 1. The summed E-state index contributed by atoms with van der Waals surface area (Å²) >= 11 is 0. The molecule has 0 aliphatic carbocycles. The number of ether oxygens (including phenoxy) is 1. The van der Waals surface area contributed by atoms with Crippen molar-refractivity contribution in [3.8, 4) is 0 Å². The first kappa shape index (κ1) is 17.7. The first-order chi connectivity index (χ1) is 11.7. The Morgan fingerprint density at radius 1 is 1.17 bits per heavy atom. The summed E-state index contributed by atoms with van der Waals surface area (Å²) in [6.45, 7) is 1.07. The van der Waals surface area contributed by atoms with Crippen molar-refractivity contribution in [3.05, 3.63) is 60.1 Å². The molecule has 0 saturated heterocycles. The average molecular weight is 330 g/mol. The van der Waals surface area contributed by atoms with Gasteiger partial charge in [0.2, 0.25) is 5.91 Å². The van der Waals surface area contributed by atoms with Gasteiger partial charge in [0.1, 0.15) is 6.04 Å². The molecule has 2 aromatic rings. The molecule has 0 saturated carbocycles. The molecule has 0 unspecified atom stereocenters. The van der Waals surface area contributed by atoms with Crippen LogP contribution in [0.1, 0.15) is 22.5 Å². The number of rotatable bonds is 9. The number of carbonyl (C=O) groups is 2. The van der Waals surface area contributed by atoms with Gasteiger partial charge in [0.15, 0.2) is 5.76 Å². The molecule has 0 fully saturated rings. The van der Waals surface area contributed by atoms with Gasteiger partial charge >= 0.3 is 0 Å². The van der Waals surface area contributed by atoms with Gasteiger partial charge in [-0.25, -0.2) is 0 Å². The van der Waals surface area contributed by atoms with Gasteiger partial charge in [-0.2, -0.15) is 0 Å². The second kappa shape index (κ2) is 9.52. The molecule has 24 heavy (non-hydrogen) atoms. The zero-order chi connectivity index (χ0) is 17.2. The Balaban J connectivity index is 2.00. The molecule has 2 amide bonds. The van der Waals surface area contributed by atoms with Crippen molar-refractivity contribution >= 4 is 11.8 Å². The van der Waals surface area contributed by atoms with Crippen LogP contribution in [0, 0.1) is 0 Å². The molecule has 0 aliphatic rings. The van der Waals surface area contributed by atoms with Gasteiger partial charge in [0.05, 0.1) is 6.26 Å². The third-order valence-corrected chi connectivity index (χ3v) is 3.47. The topological polar surface area (TPSA) is 80.6 Å². The minimum Gasteiger partial charge on any atom is -0.459 e. The predicted molar refractivity (Wildman–Crippen MR) is 89.6 cm³/mol. The van der Waals surface area contributed by atoms with E-state index in [0.29, 0.717) is 26.0 Å². The summed E-state index contributed by atoms with van der Waals surface area (Å²) in [6.07, 6.45) is 2.54. The summed E-state index contributed by atoms with van der Waals surface area (Å²) in [7, 11) is 1.61. The number of amides is 2. The van der Waals surface area contributed by atoms with E-state index in [0.717, 1.165) is 5.56 Å². The minimum absolute atomic E-state index is 0.181. The lowest BCUT2D eigenvalue weighted by atomic mass is 10.0. The highest BCUT2D eigenvalue weighted by molar-refractivity contribution is 5.95. The highest BCUT2D eigenvalue weighted by atomic mass is 16.5. The molecule has 6 heteroatoms. The molecule has 1 aromatic heterocycles. The Labute approximate surface area is 141 Å². The van der Waals surface area contributed by atoms with Crippen molar-refractivity contribution in [3.63, 3.8) is 0 Å². The fourth-order valence-electron chi connectivity index (χ4n) is 2.25. The number of methoxy groups -OCH3 is 1. The molecule has 0 radical (unpaired) electrons. The van der Waals surface area contributed by atoms with E-state index < -0.39 is 11.9 Å². The maximum Gasteiger partial charge on any atom is 0.287 e. The van der Waals surface area contributed by atoms with Gasteiger partial charge in [-0.1, -0.05) is 30.3 Å². The van der Waals surface area contributed by atoms with Crippen LogP contribution >= 0.6 is 0 Å². The van der Waals surface area contributed by atoms with Crippen LogP contribution in [0.2, 0.25) is 0 Å². The van der Waals surface area contributed by atoms with E-state index in [-0.39, 0.29) is 11.7 Å². The summed E-state index contributed by atoms with van der Waals surface area (Å²) in [5.74, 6) is -0.455. The monoisotopic (exact) mass is 330 g/mol. The molecular formula is C18H22N2O4. The summed E-state index contributed by atoms with van der Waals surface area (Å²) in [5, 5.41) is 5.56. The molecule has 0 spiro atoms. The molecule has 2 N–H and O–H groups in total. The van der Waals surface area contributed by atoms with E-state index in [1.54, 1.807) is 19.2 Å². The third kappa shape index (κ3) is 5.55. The van der Waals surface area contributed by atoms with Crippen molar-refractivity contribution in [1.82, 2.24) is 10.6 Å². The molecule has 1 aromatic carbocycles. The lowest BCUT2D eigenvalue weighted by Gasteiger charge is -2.18. The summed E-state index contributed by atoms with van der Waals surface area (Å²) in [4.78, 5) is 24.6. The van der Waals surface area contributed by atoms with Crippen LogP contribution in [0.25, 0.3) is 0 Å². The quantitative estimate of drug-likeness (QED) is 0.687. The van der Waals surface area contributed by atoms with Crippen molar-refractivity contribution in [2.75, 3.05) is 20.3 Å². The molecule has 6 nitrogen and oxygen atoms in total. The van der Waals surface area contributed by atoms with Crippen LogP contribution in [-0.2, 0) is 16.0 Å². The Bertz CT molecular complexity index is 626. The second-order valence-corrected chi connectivity index (χ2v) is 5.33. The molecule has 0 bridgehead atoms. The normalized spacial score (nSPS) is 11.7. The van der Waals surface area contributed by atoms with E-state index in [4.69, 9.17) is 9.15 Å². The Hall–Kier alpha value is -2.60. The number of nitrogens with one attached hydrogen (secondary N) is 2. The molecule has 1 atom stereocenters. The zero-order valence-electron chi connectivity index (χ0n) is 13.7. The smallest absolute Gasteiger partial charge is 0.287 e. The van der Waals surface area contributed by atoms with Gasteiger partial charge in [-0.3, -0.25) is 9.59 Å². The summed E-state index contributed by atoms with van der Waals surface area (Å²) in [5.41, 5.74) is 0.967. The minimum atomic E-state index is -0.674. The highest BCUT2D eigenvalue weighted by Crippen LogP contribution is 2.06. The maximum atomic E-state index is 12.4. The van der Waals surface area contributed by atoms with Gasteiger partial charge in [-0.05, 0) is 24.1 Å². The summed E-state index contributed by atoms with van der Waals surface area (Å²) in [6, 6.07) is 12.1. The van der Waals surface area contributed by atoms with Crippen LogP contribution in [0.3, 0.4) is 0 Å². The number of hydrogen-bond donors (Lipinski definition) is 2. The van der Waals surface area contributed by atoms with Crippen molar-refractivity contribution in [1.29, 1.82) is 0 Å². The number of benzene rings is 1. The van der Waals surface area contributed by atoms with Crippen molar-refractivity contribution in [2.24, 2.45) is 0 Å². The Kier molecular flexibility index (Phi) is 7.04. The van der Waals surface area contributed by atoms with E-state index in [1.807, 2.05) is 30.3 Å². The molecule has 2 rings (SSSR count). The first-order valence-electron chi connectivity index (χ1n) is 7.85. The predicted octanol–water partition coefficient (Wildman–Crippen LogP) is 1.77. The fourth-order valence-corrected chi connectivity index (χ4v) is 2.25. The van der Waals surface area contributed by atoms with Gasteiger partial charge in [0, 0.05) is 26.7 Å². The Morgan fingerprint density at radius 3 is 2.62 bits per heavy atom. The highest BCUT2D eigenvalue weighted by Gasteiger charge is 2.22. The SMILES string of the molecule is COCCCNC(=O)[C@@H](Cc1ccccc1)NC(=O)c1ccco1. The fraction of sp³-hybridized carbons (Fsp3) is 0.333. The molecule has 0 aliphatic heterocycles. The average Bonchev–Trinajstić information content (AvgIpc) is 3.13. The summed E-state index contributed by atoms with van der Waals surface area (Å²) < 4.78 is 10.0. The molecule has 128 valence electrons. The lowest BCUT2D eigenvalue weighted by molar-refractivity contribution is -0.123. The third-order valence-electron chi connectivity index (χ3n) is 3.47. The van der Waals surface area contributed by atoms with E-state index in [2.05, 4.69) is 10.6 Å². The number of hydrogen-bond acceptors (Lipinski definition) is 4. The van der Waals surface area contributed by atoms with E-state index in [9.17, 15) is 9.59 Å².